The topological polar surface area (TPSA) is 63.8 Å². The molecule has 2 aromatic carbocycles. The number of aliphatic hydroxyl groups is 1. The minimum atomic E-state index is -1.40. The van der Waals surface area contributed by atoms with Gasteiger partial charge in [-0.1, -0.05) is 36.4 Å². The molecule has 0 spiro atoms. The molecule has 1 unspecified atom stereocenters. The summed E-state index contributed by atoms with van der Waals surface area (Å²) in [6.45, 7) is -0.197. The molecule has 112 valence electrons. The van der Waals surface area contributed by atoms with Gasteiger partial charge in [-0.15, -0.1) is 10.2 Å². The lowest BCUT2D eigenvalue weighted by Gasteiger charge is -2.11. The van der Waals surface area contributed by atoms with Gasteiger partial charge < -0.3 is 5.11 Å². The van der Waals surface area contributed by atoms with Gasteiger partial charge in [-0.25, -0.2) is 8.78 Å². The van der Waals surface area contributed by atoms with E-state index in [-0.39, 0.29) is 6.54 Å². The Balaban J connectivity index is 1.81. The molecular weight excluding hydrogens is 290 g/mol. The third-order valence-corrected chi connectivity index (χ3v) is 3.15. The van der Waals surface area contributed by atoms with Crippen molar-refractivity contribution in [3.05, 3.63) is 65.7 Å². The maximum Gasteiger partial charge on any atom is 0.204 e. The molecular formula is C15H12F2N4O. The van der Waals surface area contributed by atoms with Crippen molar-refractivity contribution in [2.24, 2.45) is 0 Å². The first-order valence-corrected chi connectivity index (χ1v) is 6.60. The molecule has 3 rings (SSSR count). The summed E-state index contributed by atoms with van der Waals surface area (Å²) in [7, 11) is 0. The second-order valence-corrected chi connectivity index (χ2v) is 4.69. The number of halogens is 2. The van der Waals surface area contributed by atoms with E-state index < -0.39 is 23.3 Å². The highest BCUT2D eigenvalue weighted by Gasteiger charge is 2.19. The van der Waals surface area contributed by atoms with E-state index in [4.69, 9.17) is 0 Å². The lowest BCUT2D eigenvalue weighted by atomic mass is 10.1. The SMILES string of the molecule is OC(Cn1nnc(-c2ccccc2)n1)c1c(F)cccc1F. The van der Waals surface area contributed by atoms with Crippen LogP contribution in [0.3, 0.4) is 0 Å². The quantitative estimate of drug-likeness (QED) is 0.803. The molecule has 5 nitrogen and oxygen atoms in total. The van der Waals surface area contributed by atoms with Crippen molar-refractivity contribution < 1.29 is 13.9 Å². The van der Waals surface area contributed by atoms with Gasteiger partial charge in [0.1, 0.15) is 17.7 Å². The third-order valence-electron chi connectivity index (χ3n) is 3.15. The number of nitrogens with zero attached hydrogens (tertiary/aromatic N) is 4. The Bertz CT molecular complexity index is 756. The molecule has 0 fully saturated rings. The fourth-order valence-corrected chi connectivity index (χ4v) is 2.10. The Morgan fingerprint density at radius 2 is 1.68 bits per heavy atom. The minimum absolute atomic E-state index is 0.197. The van der Waals surface area contributed by atoms with Gasteiger partial charge in [-0.05, 0) is 17.3 Å². The second-order valence-electron chi connectivity index (χ2n) is 4.69. The molecule has 0 bridgehead atoms. The van der Waals surface area contributed by atoms with Crippen LogP contribution in [0, 0.1) is 11.6 Å². The monoisotopic (exact) mass is 302 g/mol. The number of aliphatic hydroxyl groups excluding tert-OH is 1. The van der Waals surface area contributed by atoms with Crippen molar-refractivity contribution in [2.75, 3.05) is 0 Å². The van der Waals surface area contributed by atoms with Crippen molar-refractivity contribution in [1.82, 2.24) is 20.2 Å². The first-order valence-electron chi connectivity index (χ1n) is 6.60. The van der Waals surface area contributed by atoms with Gasteiger partial charge >= 0.3 is 0 Å². The summed E-state index contributed by atoms with van der Waals surface area (Å²) in [5, 5.41) is 21.8. The number of benzene rings is 2. The number of hydrogen-bond donors (Lipinski definition) is 1. The highest BCUT2D eigenvalue weighted by atomic mass is 19.1. The zero-order valence-corrected chi connectivity index (χ0v) is 11.4. The van der Waals surface area contributed by atoms with E-state index in [0.717, 1.165) is 22.5 Å². The van der Waals surface area contributed by atoms with E-state index in [1.165, 1.54) is 6.07 Å². The van der Waals surface area contributed by atoms with Crippen LogP contribution in [0.25, 0.3) is 11.4 Å². The first-order chi connectivity index (χ1) is 10.6. The zero-order valence-electron chi connectivity index (χ0n) is 11.4. The van der Waals surface area contributed by atoms with Crippen LogP contribution < -0.4 is 0 Å². The summed E-state index contributed by atoms with van der Waals surface area (Å²) < 4.78 is 27.2. The average molecular weight is 302 g/mol. The average Bonchev–Trinajstić information content (AvgIpc) is 2.96. The molecule has 0 amide bonds. The fraction of sp³-hybridized carbons (Fsp3) is 0.133. The van der Waals surface area contributed by atoms with Crippen LogP contribution in [0.15, 0.2) is 48.5 Å². The Hall–Kier alpha value is -2.67. The molecule has 0 radical (unpaired) electrons. The van der Waals surface area contributed by atoms with Crippen LogP contribution in [-0.2, 0) is 6.54 Å². The highest BCUT2D eigenvalue weighted by molar-refractivity contribution is 5.52. The Morgan fingerprint density at radius 1 is 1.00 bits per heavy atom. The lowest BCUT2D eigenvalue weighted by Crippen LogP contribution is -2.14. The Kier molecular flexibility index (Phi) is 3.88. The number of hydrogen-bond acceptors (Lipinski definition) is 4. The molecule has 0 aliphatic carbocycles. The van der Waals surface area contributed by atoms with Crippen LogP contribution in [0.2, 0.25) is 0 Å². The second kappa shape index (κ2) is 5.98. The highest BCUT2D eigenvalue weighted by Crippen LogP contribution is 2.22. The van der Waals surface area contributed by atoms with Crippen molar-refractivity contribution >= 4 is 0 Å². The van der Waals surface area contributed by atoms with Crippen molar-refractivity contribution in [3.63, 3.8) is 0 Å². The van der Waals surface area contributed by atoms with E-state index in [2.05, 4.69) is 15.4 Å². The van der Waals surface area contributed by atoms with E-state index in [9.17, 15) is 13.9 Å². The van der Waals surface area contributed by atoms with Gasteiger partial charge in [0.2, 0.25) is 5.82 Å². The zero-order chi connectivity index (χ0) is 15.5. The predicted octanol–water partition coefficient (Wildman–Crippen LogP) is 2.35. The maximum atomic E-state index is 13.6. The molecule has 7 heteroatoms. The fourth-order valence-electron chi connectivity index (χ4n) is 2.10. The van der Waals surface area contributed by atoms with Crippen LogP contribution in [0.5, 0.6) is 0 Å². The van der Waals surface area contributed by atoms with E-state index in [1.807, 2.05) is 30.3 Å². The molecule has 3 aromatic rings. The summed E-state index contributed by atoms with van der Waals surface area (Å²) >= 11 is 0. The molecule has 0 aliphatic heterocycles. The van der Waals surface area contributed by atoms with Gasteiger partial charge in [-0.2, -0.15) is 4.80 Å². The van der Waals surface area contributed by atoms with E-state index >= 15 is 0 Å². The number of tetrazole rings is 1. The van der Waals surface area contributed by atoms with Gasteiger partial charge in [0, 0.05) is 5.56 Å². The van der Waals surface area contributed by atoms with Crippen LogP contribution in [-0.4, -0.2) is 25.3 Å². The lowest BCUT2D eigenvalue weighted by molar-refractivity contribution is 0.136. The first kappa shape index (κ1) is 14.3. The van der Waals surface area contributed by atoms with Gasteiger partial charge in [0.25, 0.3) is 0 Å². The molecule has 0 saturated carbocycles. The molecule has 1 atom stereocenters. The molecule has 1 N–H and O–H groups in total. The summed E-state index contributed by atoms with van der Waals surface area (Å²) in [4.78, 5) is 1.11. The van der Waals surface area contributed by atoms with Crippen molar-refractivity contribution in [2.45, 2.75) is 12.6 Å². The minimum Gasteiger partial charge on any atom is -0.386 e. The van der Waals surface area contributed by atoms with Crippen LogP contribution >= 0.6 is 0 Å². The summed E-state index contributed by atoms with van der Waals surface area (Å²) in [5.41, 5.74) is 0.362. The van der Waals surface area contributed by atoms with Crippen molar-refractivity contribution in [1.29, 1.82) is 0 Å². The Labute approximate surface area is 124 Å². The number of aromatic nitrogens is 4. The van der Waals surface area contributed by atoms with E-state index in [1.54, 1.807) is 0 Å². The van der Waals surface area contributed by atoms with Gasteiger partial charge in [-0.3, -0.25) is 0 Å². The van der Waals surface area contributed by atoms with E-state index in [0.29, 0.717) is 5.82 Å². The van der Waals surface area contributed by atoms with Crippen LogP contribution in [0.4, 0.5) is 8.78 Å². The normalized spacial score (nSPS) is 12.3. The largest absolute Gasteiger partial charge is 0.386 e. The van der Waals surface area contributed by atoms with Gasteiger partial charge in [0.15, 0.2) is 0 Å². The van der Waals surface area contributed by atoms with Gasteiger partial charge in [0.05, 0.1) is 12.1 Å². The summed E-state index contributed by atoms with van der Waals surface area (Å²) in [6.07, 6.45) is -1.40. The molecule has 1 heterocycles. The molecule has 22 heavy (non-hydrogen) atoms. The van der Waals surface area contributed by atoms with Crippen LogP contribution in [0.1, 0.15) is 11.7 Å². The maximum absolute atomic E-state index is 13.6. The summed E-state index contributed by atoms with van der Waals surface area (Å²) in [6, 6.07) is 12.6. The third kappa shape index (κ3) is 2.84. The molecule has 1 aromatic heterocycles. The molecule has 0 aliphatic rings. The Morgan fingerprint density at radius 3 is 2.36 bits per heavy atom. The number of rotatable bonds is 4. The predicted molar refractivity (Wildman–Crippen MR) is 74.6 cm³/mol. The molecule has 0 saturated heterocycles. The smallest absolute Gasteiger partial charge is 0.204 e. The standard InChI is InChI=1S/C15H12F2N4O/c16-11-7-4-8-12(17)14(11)13(22)9-21-19-15(18-20-21)10-5-2-1-3-6-10/h1-8,13,22H,9H2. The summed E-state index contributed by atoms with van der Waals surface area (Å²) in [5.74, 6) is -1.24. The van der Waals surface area contributed by atoms with Crippen molar-refractivity contribution in [3.8, 4) is 11.4 Å².